The SMILES string of the molecule is O=C1CCCN1C[C@@H](c1ccc(-c2c(-n3cnnn3)ccc(Cl)c2F)c[n+]1[O-])n1cc(-c2ccnc(F)c2)cn1. The van der Waals surface area contributed by atoms with Gasteiger partial charge in [0.1, 0.15) is 6.33 Å². The molecule has 1 aliphatic heterocycles. The van der Waals surface area contributed by atoms with Crippen LogP contribution < -0.4 is 4.73 Å². The number of nitrogens with zero attached hydrogens (tertiary/aromatic N) is 9. The summed E-state index contributed by atoms with van der Waals surface area (Å²) in [6, 6.07) is 8.33. The lowest BCUT2D eigenvalue weighted by molar-refractivity contribution is -0.615. The van der Waals surface area contributed by atoms with Crippen LogP contribution in [0.2, 0.25) is 5.02 Å². The summed E-state index contributed by atoms with van der Waals surface area (Å²) in [4.78, 5) is 17.7. The molecule has 0 bridgehead atoms. The van der Waals surface area contributed by atoms with Crippen LogP contribution in [0, 0.1) is 17.0 Å². The van der Waals surface area contributed by atoms with Crippen molar-refractivity contribution >= 4 is 17.5 Å². The van der Waals surface area contributed by atoms with Gasteiger partial charge in [0.15, 0.2) is 18.1 Å². The molecule has 5 heterocycles. The first-order chi connectivity index (χ1) is 19.4. The number of rotatable bonds is 7. The van der Waals surface area contributed by atoms with Gasteiger partial charge in [-0.05, 0) is 46.7 Å². The molecule has 4 aromatic heterocycles. The Morgan fingerprint density at radius 2 is 2.00 bits per heavy atom. The molecule has 1 aromatic carbocycles. The minimum Gasteiger partial charge on any atom is -0.618 e. The molecule has 0 unspecified atom stereocenters. The van der Waals surface area contributed by atoms with Crippen LogP contribution in [-0.4, -0.2) is 58.9 Å². The van der Waals surface area contributed by atoms with E-state index in [1.807, 2.05) is 0 Å². The monoisotopic (exact) mass is 563 g/mol. The first-order valence-corrected chi connectivity index (χ1v) is 12.7. The number of benzene rings is 1. The standard InChI is InChI=1S/C26H20ClF2N9O2/c27-19-4-6-21(37-15-31-33-34-37)25(26(19)29)17-3-5-20(38(40)13-17)22(14-35-9-1-2-24(35)39)36-12-18(11-32-36)16-7-8-30-23(28)10-16/h3-8,10-13,15,22H,1-2,9,14H2/t22-/m0/s1. The van der Waals surface area contributed by atoms with Crippen LogP contribution in [-0.2, 0) is 4.79 Å². The average molecular weight is 564 g/mol. The minimum absolute atomic E-state index is 0.0188. The fraction of sp³-hybridized carbons (Fsp3) is 0.192. The second-order valence-electron chi connectivity index (χ2n) is 9.21. The van der Waals surface area contributed by atoms with Crippen molar-refractivity contribution in [1.82, 2.24) is 39.9 Å². The van der Waals surface area contributed by atoms with E-state index in [4.69, 9.17) is 11.6 Å². The predicted molar refractivity (Wildman–Crippen MR) is 138 cm³/mol. The van der Waals surface area contributed by atoms with Crippen molar-refractivity contribution < 1.29 is 18.3 Å². The first kappa shape index (κ1) is 25.5. The number of carbonyl (C=O) groups excluding carboxylic acids is 1. The van der Waals surface area contributed by atoms with Gasteiger partial charge in [0, 0.05) is 43.1 Å². The van der Waals surface area contributed by atoms with Gasteiger partial charge in [-0.1, -0.05) is 11.6 Å². The van der Waals surface area contributed by atoms with Gasteiger partial charge in [0.05, 0.1) is 34.6 Å². The summed E-state index contributed by atoms with van der Waals surface area (Å²) in [5.41, 5.74) is 2.02. The highest BCUT2D eigenvalue weighted by atomic mass is 35.5. The molecule has 202 valence electrons. The van der Waals surface area contributed by atoms with Crippen molar-refractivity contribution in [3.8, 4) is 27.9 Å². The fourth-order valence-electron chi connectivity index (χ4n) is 4.83. The highest BCUT2D eigenvalue weighted by Gasteiger charge is 2.31. The summed E-state index contributed by atoms with van der Waals surface area (Å²) in [6.45, 7) is 0.743. The highest BCUT2D eigenvalue weighted by Crippen LogP contribution is 2.33. The van der Waals surface area contributed by atoms with Crippen molar-refractivity contribution in [3.05, 3.63) is 95.2 Å². The Balaban J connectivity index is 1.42. The van der Waals surface area contributed by atoms with E-state index in [9.17, 15) is 14.4 Å². The van der Waals surface area contributed by atoms with Crippen molar-refractivity contribution in [3.63, 3.8) is 0 Å². The molecule has 1 fully saturated rings. The van der Waals surface area contributed by atoms with Crippen molar-refractivity contribution in [2.24, 2.45) is 0 Å². The summed E-state index contributed by atoms with van der Waals surface area (Å²) < 4.78 is 32.5. The molecule has 1 atom stereocenters. The van der Waals surface area contributed by atoms with Crippen LogP contribution in [0.25, 0.3) is 27.9 Å². The molecule has 1 saturated heterocycles. The molecule has 0 aliphatic carbocycles. The molecule has 1 aliphatic rings. The van der Waals surface area contributed by atoms with E-state index < -0.39 is 17.8 Å². The zero-order chi connectivity index (χ0) is 27.8. The van der Waals surface area contributed by atoms with E-state index in [1.165, 1.54) is 35.5 Å². The number of pyridine rings is 2. The topological polar surface area (TPSA) is 122 Å². The Morgan fingerprint density at radius 3 is 2.73 bits per heavy atom. The van der Waals surface area contributed by atoms with E-state index in [0.717, 1.165) is 6.42 Å². The number of hydrogen-bond donors (Lipinski definition) is 0. The van der Waals surface area contributed by atoms with Crippen LogP contribution in [0.5, 0.6) is 0 Å². The van der Waals surface area contributed by atoms with Crippen molar-refractivity contribution in [2.75, 3.05) is 13.1 Å². The number of halogens is 3. The van der Waals surface area contributed by atoms with Crippen LogP contribution in [0.15, 0.2) is 67.5 Å². The number of amides is 1. The quantitative estimate of drug-likeness (QED) is 0.169. The molecule has 11 nitrogen and oxygen atoms in total. The largest absolute Gasteiger partial charge is 0.618 e. The normalized spacial score (nSPS) is 14.2. The van der Waals surface area contributed by atoms with Gasteiger partial charge < -0.3 is 10.1 Å². The summed E-state index contributed by atoms with van der Waals surface area (Å²) in [6.07, 6.45) is 8.27. The molecule has 0 spiro atoms. The van der Waals surface area contributed by atoms with Gasteiger partial charge in [-0.2, -0.15) is 18.9 Å². The number of tetrazole rings is 1. The van der Waals surface area contributed by atoms with Crippen molar-refractivity contribution in [1.29, 1.82) is 0 Å². The van der Waals surface area contributed by atoms with Gasteiger partial charge in [0.25, 0.3) is 0 Å². The van der Waals surface area contributed by atoms with Gasteiger partial charge in [-0.3, -0.25) is 9.48 Å². The van der Waals surface area contributed by atoms with Crippen LogP contribution >= 0.6 is 11.6 Å². The van der Waals surface area contributed by atoms with E-state index >= 15 is 4.39 Å². The molecule has 14 heteroatoms. The number of likely N-dealkylation sites (tertiary alicyclic amines) is 1. The second-order valence-corrected chi connectivity index (χ2v) is 9.62. The Hall–Kier alpha value is -4.78. The van der Waals surface area contributed by atoms with Gasteiger partial charge in [0.2, 0.25) is 17.5 Å². The molecule has 6 rings (SSSR count). The van der Waals surface area contributed by atoms with E-state index in [0.29, 0.717) is 34.5 Å². The molecule has 1 amide bonds. The fourth-order valence-corrected chi connectivity index (χ4v) is 4.99. The smallest absolute Gasteiger partial charge is 0.222 e. The van der Waals surface area contributed by atoms with E-state index in [2.05, 4.69) is 25.6 Å². The van der Waals surface area contributed by atoms with Gasteiger partial charge in [-0.15, -0.1) is 5.10 Å². The van der Waals surface area contributed by atoms with E-state index in [-0.39, 0.29) is 34.3 Å². The number of hydrogen-bond acceptors (Lipinski definition) is 7. The Morgan fingerprint density at radius 1 is 1.12 bits per heavy atom. The predicted octanol–water partition coefficient (Wildman–Crippen LogP) is 3.36. The van der Waals surface area contributed by atoms with Crippen LogP contribution in [0.3, 0.4) is 0 Å². The Labute approximate surface area is 230 Å². The summed E-state index contributed by atoms with van der Waals surface area (Å²) in [5, 5.41) is 28.9. The lowest BCUT2D eigenvalue weighted by atomic mass is 10.0. The lowest BCUT2D eigenvalue weighted by Crippen LogP contribution is -2.40. The molecular weight excluding hydrogens is 544 g/mol. The maximum Gasteiger partial charge on any atom is 0.222 e. The summed E-state index contributed by atoms with van der Waals surface area (Å²) >= 11 is 6.07. The lowest BCUT2D eigenvalue weighted by Gasteiger charge is -2.23. The first-order valence-electron chi connectivity index (χ1n) is 12.3. The number of carbonyl (C=O) groups is 1. The van der Waals surface area contributed by atoms with Crippen molar-refractivity contribution in [2.45, 2.75) is 18.9 Å². The summed E-state index contributed by atoms with van der Waals surface area (Å²) in [5.74, 6) is -1.38. The molecule has 40 heavy (non-hydrogen) atoms. The zero-order valence-corrected chi connectivity index (χ0v) is 21.5. The molecule has 0 N–H and O–H groups in total. The van der Waals surface area contributed by atoms with Crippen LogP contribution in [0.1, 0.15) is 24.6 Å². The average Bonchev–Trinajstić information content (AvgIpc) is 3.72. The zero-order valence-electron chi connectivity index (χ0n) is 20.7. The third-order valence-electron chi connectivity index (χ3n) is 6.79. The maximum absolute atomic E-state index is 15.3. The van der Waals surface area contributed by atoms with Gasteiger partial charge >= 0.3 is 0 Å². The second kappa shape index (κ2) is 10.4. The van der Waals surface area contributed by atoms with Crippen LogP contribution in [0.4, 0.5) is 8.78 Å². The number of aromatic nitrogens is 8. The molecule has 0 radical (unpaired) electrons. The minimum atomic E-state index is -0.733. The Kier molecular flexibility index (Phi) is 6.64. The van der Waals surface area contributed by atoms with E-state index in [1.54, 1.807) is 46.2 Å². The molecule has 0 saturated carbocycles. The third kappa shape index (κ3) is 4.75. The molecular formula is C26H20ClF2N9O2. The molecule has 5 aromatic rings. The van der Waals surface area contributed by atoms with Gasteiger partial charge in [-0.25, -0.2) is 9.37 Å². The third-order valence-corrected chi connectivity index (χ3v) is 7.08. The summed E-state index contributed by atoms with van der Waals surface area (Å²) in [7, 11) is 0. The highest BCUT2D eigenvalue weighted by molar-refractivity contribution is 6.31. The maximum atomic E-state index is 15.3. The Bertz CT molecular complexity index is 1710.